The predicted octanol–water partition coefficient (Wildman–Crippen LogP) is 0.732. The molecule has 1 aliphatic rings. The summed E-state index contributed by atoms with van der Waals surface area (Å²) in [5, 5.41) is 11.6. The maximum Gasteiger partial charge on any atom is 0.345 e. The fourth-order valence-electron chi connectivity index (χ4n) is 3.07. The number of nitrogens with one attached hydrogen (secondary N) is 1. The Kier molecular flexibility index (Phi) is 5.70. The molecule has 1 aliphatic heterocycles. The second-order valence-electron chi connectivity index (χ2n) is 6.78. The Labute approximate surface area is 151 Å². The van der Waals surface area contributed by atoms with Crippen LogP contribution in [0.4, 0.5) is 0 Å². The lowest BCUT2D eigenvalue weighted by Crippen LogP contribution is -2.36. The van der Waals surface area contributed by atoms with Gasteiger partial charge in [0.25, 0.3) is 0 Å². The Balaban J connectivity index is 1.57. The highest BCUT2D eigenvalue weighted by Crippen LogP contribution is 2.13. The molecule has 1 unspecified atom stereocenters. The first-order chi connectivity index (χ1) is 12.0. The molecule has 3 heterocycles. The van der Waals surface area contributed by atoms with Crippen molar-refractivity contribution in [1.29, 1.82) is 0 Å². The Morgan fingerprint density at radius 3 is 3.00 bits per heavy atom. The largest absolute Gasteiger partial charge is 0.353 e. The molecular weight excluding hydrogens is 338 g/mol. The molecule has 3 rings (SSSR count). The molecule has 2 aromatic rings. The lowest BCUT2D eigenvalue weighted by molar-refractivity contribution is -0.121. The van der Waals surface area contributed by atoms with Crippen molar-refractivity contribution in [1.82, 2.24) is 24.6 Å². The van der Waals surface area contributed by atoms with Gasteiger partial charge in [-0.25, -0.2) is 9.48 Å². The number of hydrogen-bond acceptors (Lipinski definition) is 5. The summed E-state index contributed by atoms with van der Waals surface area (Å²) < 4.78 is 3.32. The van der Waals surface area contributed by atoms with E-state index in [2.05, 4.69) is 10.4 Å². The third-order valence-electron chi connectivity index (χ3n) is 4.49. The number of rotatable bonds is 6. The van der Waals surface area contributed by atoms with Gasteiger partial charge in [-0.2, -0.15) is 16.4 Å². The quantitative estimate of drug-likeness (QED) is 0.821. The van der Waals surface area contributed by atoms with Gasteiger partial charge in [0.05, 0.1) is 13.0 Å². The van der Waals surface area contributed by atoms with E-state index in [0.29, 0.717) is 25.9 Å². The summed E-state index contributed by atoms with van der Waals surface area (Å²) in [4.78, 5) is 26.7. The van der Waals surface area contributed by atoms with Crippen molar-refractivity contribution < 1.29 is 4.79 Å². The molecule has 0 saturated heterocycles. The topological polar surface area (TPSA) is 72.2 Å². The van der Waals surface area contributed by atoms with E-state index in [4.69, 9.17) is 0 Å². The summed E-state index contributed by atoms with van der Waals surface area (Å²) in [7, 11) is 3.96. The number of carbonyl (C=O) groups excluding carboxylic acids is 1. The van der Waals surface area contributed by atoms with E-state index >= 15 is 0 Å². The van der Waals surface area contributed by atoms with Crippen molar-refractivity contribution in [3.05, 3.63) is 38.7 Å². The first-order valence-corrected chi connectivity index (χ1v) is 9.59. The zero-order chi connectivity index (χ0) is 17.8. The van der Waals surface area contributed by atoms with Crippen LogP contribution in [-0.4, -0.2) is 51.8 Å². The van der Waals surface area contributed by atoms with Crippen molar-refractivity contribution in [3.8, 4) is 0 Å². The number of amides is 1. The monoisotopic (exact) mass is 363 g/mol. The van der Waals surface area contributed by atoms with Gasteiger partial charge in [-0.1, -0.05) is 0 Å². The highest BCUT2D eigenvalue weighted by molar-refractivity contribution is 7.07. The van der Waals surface area contributed by atoms with Gasteiger partial charge in [0.2, 0.25) is 5.91 Å². The molecule has 7 nitrogen and oxygen atoms in total. The molecule has 0 fully saturated rings. The van der Waals surface area contributed by atoms with Gasteiger partial charge in [-0.15, -0.1) is 0 Å². The van der Waals surface area contributed by atoms with Crippen LogP contribution < -0.4 is 11.0 Å². The number of fused-ring (bicyclic) bond motifs is 1. The van der Waals surface area contributed by atoms with E-state index in [9.17, 15) is 9.59 Å². The number of nitrogens with zero attached hydrogens (tertiary/aromatic N) is 4. The van der Waals surface area contributed by atoms with Crippen LogP contribution in [0.3, 0.4) is 0 Å². The molecule has 0 saturated carbocycles. The molecule has 1 atom stereocenters. The molecule has 0 spiro atoms. The Morgan fingerprint density at radius 2 is 2.28 bits per heavy atom. The Bertz CT molecular complexity index is 763. The fraction of sp³-hybridized carbons (Fsp3) is 0.588. The van der Waals surface area contributed by atoms with Crippen LogP contribution in [0.25, 0.3) is 0 Å². The summed E-state index contributed by atoms with van der Waals surface area (Å²) in [6.07, 6.45) is 2.72. The molecule has 1 amide bonds. The van der Waals surface area contributed by atoms with Gasteiger partial charge >= 0.3 is 5.69 Å². The predicted molar refractivity (Wildman–Crippen MR) is 97.9 cm³/mol. The third kappa shape index (κ3) is 4.58. The molecule has 0 aliphatic carbocycles. The molecule has 25 heavy (non-hydrogen) atoms. The minimum atomic E-state index is -0.0397. The van der Waals surface area contributed by atoms with E-state index in [1.165, 1.54) is 0 Å². The highest BCUT2D eigenvalue weighted by Gasteiger charge is 2.22. The lowest BCUT2D eigenvalue weighted by Gasteiger charge is -2.15. The molecule has 2 aromatic heterocycles. The second kappa shape index (κ2) is 7.97. The van der Waals surface area contributed by atoms with Gasteiger partial charge in [-0.05, 0) is 49.3 Å². The highest BCUT2D eigenvalue weighted by atomic mass is 32.1. The van der Waals surface area contributed by atoms with Gasteiger partial charge in [0.1, 0.15) is 5.82 Å². The molecule has 1 N–H and O–H groups in total. The normalized spacial score (nSPS) is 17.3. The van der Waals surface area contributed by atoms with E-state index in [1.54, 1.807) is 20.6 Å². The molecular formula is C17H25N5O2S. The number of aryl methyl sites for hydroxylation is 1. The van der Waals surface area contributed by atoms with Gasteiger partial charge < -0.3 is 10.2 Å². The zero-order valence-corrected chi connectivity index (χ0v) is 15.6. The zero-order valence-electron chi connectivity index (χ0n) is 14.8. The Morgan fingerprint density at radius 1 is 1.44 bits per heavy atom. The standard InChI is InChI=1S/C17H25N5O2S/c1-20(2)8-9-22-17(24)21-7-5-14(3-4-15(21)19-22)18-16(23)11-13-6-10-25-12-13/h6,10,12,14H,3-5,7-9,11H2,1-2H3,(H,18,23). The SMILES string of the molecule is CN(C)CCn1nc2n(c1=O)CCC(NC(=O)Cc1ccsc1)CC2. The number of hydrogen-bond donors (Lipinski definition) is 1. The summed E-state index contributed by atoms with van der Waals surface area (Å²) >= 11 is 1.60. The third-order valence-corrected chi connectivity index (χ3v) is 5.22. The van der Waals surface area contributed by atoms with E-state index in [-0.39, 0.29) is 17.6 Å². The summed E-state index contributed by atoms with van der Waals surface area (Å²) in [6, 6.07) is 2.07. The first kappa shape index (κ1) is 17.9. The smallest absolute Gasteiger partial charge is 0.345 e. The summed E-state index contributed by atoms with van der Waals surface area (Å²) in [5.74, 6) is 0.879. The lowest BCUT2D eigenvalue weighted by atomic mass is 10.1. The van der Waals surface area contributed by atoms with Gasteiger partial charge in [0, 0.05) is 25.6 Å². The van der Waals surface area contributed by atoms with Gasteiger partial charge in [0.15, 0.2) is 0 Å². The van der Waals surface area contributed by atoms with Gasteiger partial charge in [-0.3, -0.25) is 9.36 Å². The number of likely N-dealkylation sites (N-methyl/N-ethyl adjacent to an activating group) is 1. The average molecular weight is 363 g/mol. The van der Waals surface area contributed by atoms with E-state index in [1.807, 2.05) is 35.8 Å². The van der Waals surface area contributed by atoms with Crippen molar-refractivity contribution in [3.63, 3.8) is 0 Å². The maximum atomic E-state index is 12.5. The first-order valence-electron chi connectivity index (χ1n) is 8.64. The van der Waals surface area contributed by atoms with Crippen LogP contribution in [0.1, 0.15) is 24.2 Å². The van der Waals surface area contributed by atoms with Crippen LogP contribution in [0.15, 0.2) is 21.6 Å². The van der Waals surface area contributed by atoms with Crippen molar-refractivity contribution in [2.45, 2.75) is 44.8 Å². The maximum absolute atomic E-state index is 12.5. The van der Waals surface area contributed by atoms with Crippen LogP contribution in [0.2, 0.25) is 0 Å². The molecule has 0 radical (unpaired) electrons. The minimum Gasteiger partial charge on any atom is -0.353 e. The molecule has 136 valence electrons. The second-order valence-corrected chi connectivity index (χ2v) is 7.56. The molecule has 0 aromatic carbocycles. The van der Waals surface area contributed by atoms with Crippen LogP contribution in [-0.2, 0) is 30.7 Å². The summed E-state index contributed by atoms with van der Waals surface area (Å²) in [5.41, 5.74) is 1.01. The summed E-state index contributed by atoms with van der Waals surface area (Å²) in [6.45, 7) is 2.00. The van der Waals surface area contributed by atoms with E-state index < -0.39 is 0 Å². The number of aromatic nitrogens is 3. The van der Waals surface area contributed by atoms with Crippen LogP contribution in [0, 0.1) is 0 Å². The number of thiophene rings is 1. The van der Waals surface area contributed by atoms with E-state index in [0.717, 1.165) is 30.8 Å². The van der Waals surface area contributed by atoms with Crippen molar-refractivity contribution in [2.24, 2.45) is 0 Å². The molecule has 0 bridgehead atoms. The average Bonchev–Trinajstić information content (AvgIpc) is 3.11. The van der Waals surface area contributed by atoms with Crippen LogP contribution >= 0.6 is 11.3 Å². The van der Waals surface area contributed by atoms with Crippen molar-refractivity contribution >= 4 is 17.2 Å². The Hall–Kier alpha value is -1.93. The number of carbonyl (C=O) groups is 1. The molecule has 8 heteroatoms. The fourth-order valence-corrected chi connectivity index (χ4v) is 3.74. The van der Waals surface area contributed by atoms with Crippen LogP contribution in [0.5, 0.6) is 0 Å². The van der Waals surface area contributed by atoms with Crippen molar-refractivity contribution in [2.75, 3.05) is 20.6 Å². The minimum absolute atomic E-state index is 0.0397.